The van der Waals surface area contributed by atoms with Gasteiger partial charge < -0.3 is 14.7 Å². The van der Waals surface area contributed by atoms with Crippen LogP contribution in [-0.2, 0) is 4.74 Å². The predicted octanol–water partition coefficient (Wildman–Crippen LogP) is 0.941. The quantitative estimate of drug-likeness (QED) is 0.718. The number of ether oxygens (including phenoxy) is 1. The summed E-state index contributed by atoms with van der Waals surface area (Å²) in [5.74, 6) is 0. The molecule has 5 heteroatoms. The van der Waals surface area contributed by atoms with E-state index in [2.05, 4.69) is 29.7 Å². The van der Waals surface area contributed by atoms with Gasteiger partial charge in [-0.25, -0.2) is 0 Å². The molecule has 0 spiro atoms. The first kappa shape index (κ1) is 17.4. The van der Waals surface area contributed by atoms with E-state index in [0.29, 0.717) is 19.5 Å². The maximum Gasteiger partial charge on any atom is 0.0793 e. The van der Waals surface area contributed by atoms with Crippen molar-refractivity contribution < 1.29 is 9.84 Å². The van der Waals surface area contributed by atoms with Crippen molar-refractivity contribution in [1.29, 1.82) is 5.26 Å². The second-order valence-electron chi connectivity index (χ2n) is 6.59. The van der Waals surface area contributed by atoms with Gasteiger partial charge in [-0.05, 0) is 18.9 Å². The van der Waals surface area contributed by atoms with Gasteiger partial charge in [-0.3, -0.25) is 4.90 Å². The highest BCUT2D eigenvalue weighted by Crippen LogP contribution is 2.23. The van der Waals surface area contributed by atoms with E-state index in [4.69, 9.17) is 10.00 Å². The zero-order chi connectivity index (χ0) is 15.0. The molecule has 1 rings (SSSR count). The molecule has 0 aromatic rings. The lowest BCUT2D eigenvalue weighted by Gasteiger charge is -2.33. The van der Waals surface area contributed by atoms with Crippen molar-refractivity contribution in [1.82, 2.24) is 9.80 Å². The Kier molecular flexibility index (Phi) is 7.46. The fraction of sp³-hybridized carbons (Fsp3) is 0.933. The maximum absolute atomic E-state index is 10.2. The Morgan fingerprint density at radius 1 is 1.40 bits per heavy atom. The Balaban J connectivity index is 2.26. The molecule has 0 aliphatic carbocycles. The highest BCUT2D eigenvalue weighted by atomic mass is 16.5. The first-order valence-electron chi connectivity index (χ1n) is 7.46. The van der Waals surface area contributed by atoms with E-state index in [9.17, 15) is 5.11 Å². The summed E-state index contributed by atoms with van der Waals surface area (Å²) in [6.07, 6.45) is 1.16. The SMILES string of the molecule is CN(CC(O)CN1CCOCC1)CC(C)(C)CCC#N. The van der Waals surface area contributed by atoms with Gasteiger partial charge in [0.1, 0.15) is 0 Å². The molecule has 20 heavy (non-hydrogen) atoms. The molecular formula is C15H29N3O2. The highest BCUT2D eigenvalue weighted by Gasteiger charge is 2.22. The van der Waals surface area contributed by atoms with E-state index < -0.39 is 0 Å². The monoisotopic (exact) mass is 283 g/mol. The van der Waals surface area contributed by atoms with Crippen molar-refractivity contribution in [2.75, 3.05) is 53.0 Å². The second kappa shape index (κ2) is 8.58. The van der Waals surface area contributed by atoms with E-state index in [1.807, 2.05) is 7.05 Å². The minimum absolute atomic E-state index is 0.114. The Morgan fingerprint density at radius 2 is 2.05 bits per heavy atom. The summed E-state index contributed by atoms with van der Waals surface area (Å²) in [6, 6.07) is 2.21. The zero-order valence-electron chi connectivity index (χ0n) is 13.1. The number of likely N-dealkylation sites (N-methyl/N-ethyl adjacent to an activating group) is 1. The Hall–Kier alpha value is -0.670. The van der Waals surface area contributed by atoms with Crippen molar-refractivity contribution in [3.8, 4) is 6.07 Å². The van der Waals surface area contributed by atoms with Crippen LogP contribution in [0.25, 0.3) is 0 Å². The van der Waals surface area contributed by atoms with Crippen molar-refractivity contribution in [3.05, 3.63) is 0 Å². The lowest BCUT2D eigenvalue weighted by Crippen LogP contribution is -2.45. The molecule has 1 unspecified atom stereocenters. The second-order valence-corrected chi connectivity index (χ2v) is 6.59. The molecule has 0 saturated carbocycles. The third kappa shape index (κ3) is 7.20. The summed E-state index contributed by atoms with van der Waals surface area (Å²) >= 11 is 0. The molecule has 0 amide bonds. The average molecular weight is 283 g/mol. The van der Waals surface area contributed by atoms with E-state index >= 15 is 0 Å². The lowest BCUT2D eigenvalue weighted by molar-refractivity contribution is 0.00648. The highest BCUT2D eigenvalue weighted by molar-refractivity contribution is 4.80. The van der Waals surface area contributed by atoms with Crippen LogP contribution in [0.1, 0.15) is 26.7 Å². The van der Waals surface area contributed by atoms with Crippen molar-refractivity contribution in [3.63, 3.8) is 0 Å². The number of hydrogen-bond donors (Lipinski definition) is 1. The van der Waals surface area contributed by atoms with Gasteiger partial charge in [-0.15, -0.1) is 0 Å². The fourth-order valence-electron chi connectivity index (χ4n) is 2.77. The van der Waals surface area contributed by atoms with Gasteiger partial charge in [-0.1, -0.05) is 13.8 Å². The first-order chi connectivity index (χ1) is 9.43. The molecule has 1 atom stereocenters. The molecule has 1 aliphatic heterocycles. The number of β-amino-alcohol motifs (C(OH)–C–C–N with tert-alkyl or cyclic N) is 1. The summed E-state index contributed by atoms with van der Waals surface area (Å²) in [7, 11) is 2.04. The lowest BCUT2D eigenvalue weighted by atomic mass is 9.87. The molecule has 1 fully saturated rings. The van der Waals surface area contributed by atoms with Gasteiger partial charge in [0, 0.05) is 39.1 Å². The molecule has 0 bridgehead atoms. The molecule has 116 valence electrons. The van der Waals surface area contributed by atoms with Crippen molar-refractivity contribution in [2.45, 2.75) is 32.8 Å². The first-order valence-corrected chi connectivity index (χ1v) is 7.46. The van der Waals surface area contributed by atoms with Gasteiger partial charge in [0.15, 0.2) is 0 Å². The third-order valence-corrected chi connectivity index (χ3v) is 3.71. The number of rotatable bonds is 8. The number of hydrogen-bond acceptors (Lipinski definition) is 5. The number of nitriles is 1. The Morgan fingerprint density at radius 3 is 2.65 bits per heavy atom. The molecule has 5 nitrogen and oxygen atoms in total. The molecule has 1 aliphatic rings. The molecule has 1 saturated heterocycles. The van der Waals surface area contributed by atoms with Crippen LogP contribution in [-0.4, -0.2) is 74.0 Å². The molecule has 0 radical (unpaired) electrons. The summed E-state index contributed by atoms with van der Waals surface area (Å²) < 4.78 is 5.31. The normalized spacial score (nSPS) is 19.0. The summed E-state index contributed by atoms with van der Waals surface area (Å²) in [5.41, 5.74) is 0.114. The standard InChI is InChI=1S/C15H29N3O2/c1-15(2,5-4-6-16)13-17(3)11-14(19)12-18-7-9-20-10-8-18/h14,19H,4-5,7-13H2,1-3H3. The van der Waals surface area contributed by atoms with Gasteiger partial charge in [0.05, 0.1) is 25.4 Å². The van der Waals surface area contributed by atoms with Crippen LogP contribution in [0.5, 0.6) is 0 Å². The third-order valence-electron chi connectivity index (χ3n) is 3.71. The largest absolute Gasteiger partial charge is 0.390 e. The Labute approximate surface area is 123 Å². The van der Waals surface area contributed by atoms with Crippen LogP contribution in [0.3, 0.4) is 0 Å². The summed E-state index contributed by atoms with van der Waals surface area (Å²) in [6.45, 7) is 10.00. The maximum atomic E-state index is 10.2. The van der Waals surface area contributed by atoms with E-state index in [1.165, 1.54) is 0 Å². The number of aliphatic hydroxyl groups excluding tert-OH is 1. The van der Waals surface area contributed by atoms with E-state index in [-0.39, 0.29) is 11.5 Å². The summed E-state index contributed by atoms with van der Waals surface area (Å²) in [4.78, 5) is 4.42. The van der Waals surface area contributed by atoms with Crippen LogP contribution in [0, 0.1) is 16.7 Å². The van der Waals surface area contributed by atoms with Crippen LogP contribution in [0.4, 0.5) is 0 Å². The van der Waals surface area contributed by atoms with Gasteiger partial charge in [0.2, 0.25) is 0 Å². The molecule has 1 N–H and O–H groups in total. The number of aliphatic hydroxyl groups is 1. The average Bonchev–Trinajstić information content (AvgIpc) is 2.36. The van der Waals surface area contributed by atoms with Gasteiger partial charge >= 0.3 is 0 Å². The topological polar surface area (TPSA) is 59.7 Å². The molecule has 1 heterocycles. The van der Waals surface area contributed by atoms with E-state index in [1.54, 1.807) is 0 Å². The molecule has 0 aromatic heterocycles. The Bertz CT molecular complexity index is 309. The van der Waals surface area contributed by atoms with Crippen LogP contribution < -0.4 is 0 Å². The molecule has 0 aromatic carbocycles. The van der Waals surface area contributed by atoms with Gasteiger partial charge in [0.25, 0.3) is 0 Å². The minimum Gasteiger partial charge on any atom is -0.390 e. The van der Waals surface area contributed by atoms with Crippen molar-refractivity contribution >= 4 is 0 Å². The molecular weight excluding hydrogens is 254 g/mol. The fourth-order valence-corrected chi connectivity index (χ4v) is 2.77. The smallest absolute Gasteiger partial charge is 0.0793 e. The van der Waals surface area contributed by atoms with Crippen molar-refractivity contribution in [2.24, 2.45) is 5.41 Å². The zero-order valence-corrected chi connectivity index (χ0v) is 13.1. The number of nitrogens with zero attached hydrogens (tertiary/aromatic N) is 3. The van der Waals surface area contributed by atoms with Gasteiger partial charge in [-0.2, -0.15) is 5.26 Å². The van der Waals surface area contributed by atoms with Crippen LogP contribution in [0.15, 0.2) is 0 Å². The van der Waals surface area contributed by atoms with Crippen LogP contribution in [0.2, 0.25) is 0 Å². The predicted molar refractivity (Wildman–Crippen MR) is 79.4 cm³/mol. The number of morpholine rings is 1. The summed E-state index contributed by atoms with van der Waals surface area (Å²) in [5, 5.41) is 18.8. The van der Waals surface area contributed by atoms with E-state index in [0.717, 1.165) is 39.3 Å². The minimum atomic E-state index is -0.329. The van der Waals surface area contributed by atoms with Crippen LogP contribution >= 0.6 is 0 Å².